The Morgan fingerprint density at radius 1 is 0.636 bits per heavy atom. The molecule has 2 rings (SSSR count). The number of azo groups is 1. The van der Waals surface area contributed by atoms with Crippen molar-refractivity contribution in [1.82, 2.24) is 0 Å². The second-order valence-corrected chi connectivity index (χ2v) is 4.23. The van der Waals surface area contributed by atoms with E-state index in [4.69, 9.17) is 0 Å². The molecule has 2 nitrogen and oxygen atoms in total. The van der Waals surface area contributed by atoms with Crippen molar-refractivity contribution in [2.45, 2.75) is 12.4 Å². The van der Waals surface area contributed by atoms with E-state index in [1.54, 1.807) is 18.2 Å². The minimum Gasteiger partial charge on any atom is -0.166 e. The van der Waals surface area contributed by atoms with E-state index in [1.807, 2.05) is 0 Å². The van der Waals surface area contributed by atoms with Crippen molar-refractivity contribution in [2.24, 2.45) is 10.2 Å². The van der Waals surface area contributed by atoms with E-state index in [0.717, 1.165) is 12.1 Å². The second-order valence-electron chi connectivity index (χ2n) is 4.23. The van der Waals surface area contributed by atoms with Crippen molar-refractivity contribution in [2.75, 3.05) is 0 Å². The predicted molar refractivity (Wildman–Crippen MR) is 67.1 cm³/mol. The van der Waals surface area contributed by atoms with Crippen LogP contribution < -0.4 is 0 Å². The molecule has 0 saturated heterocycles. The molecule has 0 aliphatic carbocycles. The van der Waals surface area contributed by atoms with Crippen LogP contribution in [0.25, 0.3) is 0 Å². The third-order valence-electron chi connectivity index (χ3n) is 2.66. The average molecular weight is 318 g/mol. The Kier molecular flexibility index (Phi) is 4.20. The van der Waals surface area contributed by atoms with Gasteiger partial charge >= 0.3 is 12.4 Å². The van der Waals surface area contributed by atoms with E-state index in [-0.39, 0.29) is 5.69 Å². The normalized spacial score (nSPS) is 12.8. The SMILES string of the molecule is FC(F)(F)c1cccc(N=Nc2ccccc2)c1C(F)(F)F. The summed E-state index contributed by atoms with van der Waals surface area (Å²) >= 11 is 0. The first-order valence-electron chi connectivity index (χ1n) is 5.94. The van der Waals surface area contributed by atoms with Gasteiger partial charge in [-0.2, -0.15) is 31.5 Å². The summed E-state index contributed by atoms with van der Waals surface area (Å²) in [6.45, 7) is 0. The molecular formula is C14H8F6N2. The van der Waals surface area contributed by atoms with Gasteiger partial charge in [-0.3, -0.25) is 0 Å². The predicted octanol–water partition coefficient (Wildman–Crippen LogP) is 6.14. The number of alkyl halides is 6. The first-order chi connectivity index (χ1) is 10.2. The molecule has 116 valence electrons. The molecule has 0 spiro atoms. The van der Waals surface area contributed by atoms with Crippen LogP contribution in [-0.4, -0.2) is 0 Å². The van der Waals surface area contributed by atoms with Crippen LogP contribution in [0.4, 0.5) is 37.7 Å². The van der Waals surface area contributed by atoms with Crippen LogP contribution >= 0.6 is 0 Å². The lowest BCUT2D eigenvalue weighted by Crippen LogP contribution is -2.16. The van der Waals surface area contributed by atoms with Crippen molar-refractivity contribution in [3.05, 3.63) is 59.7 Å². The molecule has 2 aromatic rings. The van der Waals surface area contributed by atoms with Crippen molar-refractivity contribution in [3.63, 3.8) is 0 Å². The number of benzene rings is 2. The third kappa shape index (κ3) is 3.63. The molecule has 2 aromatic carbocycles. The van der Waals surface area contributed by atoms with Crippen LogP contribution in [0.3, 0.4) is 0 Å². The van der Waals surface area contributed by atoms with Crippen LogP contribution in [0, 0.1) is 0 Å². The summed E-state index contributed by atoms with van der Waals surface area (Å²) in [4.78, 5) is 0. The van der Waals surface area contributed by atoms with Crippen molar-refractivity contribution >= 4 is 11.4 Å². The van der Waals surface area contributed by atoms with Gasteiger partial charge in [-0.05, 0) is 24.3 Å². The molecule has 0 aliphatic rings. The number of hydrogen-bond acceptors (Lipinski definition) is 2. The average Bonchev–Trinajstić information content (AvgIpc) is 2.44. The van der Waals surface area contributed by atoms with Crippen molar-refractivity contribution < 1.29 is 26.3 Å². The molecule has 0 atom stereocenters. The molecule has 0 amide bonds. The number of halogens is 6. The lowest BCUT2D eigenvalue weighted by molar-refractivity contribution is -0.161. The minimum absolute atomic E-state index is 0.230. The zero-order valence-corrected chi connectivity index (χ0v) is 10.8. The maximum Gasteiger partial charge on any atom is 0.419 e. The lowest BCUT2D eigenvalue weighted by Gasteiger charge is -2.16. The highest BCUT2D eigenvalue weighted by atomic mass is 19.4. The van der Waals surface area contributed by atoms with E-state index >= 15 is 0 Å². The number of nitrogens with zero attached hydrogens (tertiary/aromatic N) is 2. The van der Waals surface area contributed by atoms with E-state index < -0.39 is 29.2 Å². The highest BCUT2D eigenvalue weighted by molar-refractivity contribution is 5.53. The van der Waals surface area contributed by atoms with Gasteiger partial charge in [0.15, 0.2) is 0 Å². The Labute approximate surface area is 121 Å². The fourth-order valence-corrected chi connectivity index (χ4v) is 1.76. The molecule has 0 heterocycles. The van der Waals surface area contributed by atoms with Crippen LogP contribution in [0.1, 0.15) is 11.1 Å². The summed E-state index contributed by atoms with van der Waals surface area (Å²) in [7, 11) is 0. The first kappa shape index (κ1) is 16.0. The summed E-state index contributed by atoms with van der Waals surface area (Å²) < 4.78 is 77.1. The fourth-order valence-electron chi connectivity index (χ4n) is 1.76. The minimum atomic E-state index is -5.20. The maximum atomic E-state index is 13.0. The van der Waals surface area contributed by atoms with Gasteiger partial charge in [0.1, 0.15) is 0 Å². The third-order valence-corrected chi connectivity index (χ3v) is 2.66. The molecule has 0 radical (unpaired) electrons. The molecule has 0 bridgehead atoms. The van der Waals surface area contributed by atoms with Gasteiger partial charge in [-0.25, -0.2) is 0 Å². The van der Waals surface area contributed by atoms with Gasteiger partial charge in [-0.15, -0.1) is 5.11 Å². The quantitative estimate of drug-likeness (QED) is 0.469. The van der Waals surface area contributed by atoms with E-state index in [9.17, 15) is 26.3 Å². The topological polar surface area (TPSA) is 24.7 Å². The van der Waals surface area contributed by atoms with Crippen molar-refractivity contribution in [1.29, 1.82) is 0 Å². The molecule has 0 saturated carbocycles. The monoisotopic (exact) mass is 318 g/mol. The smallest absolute Gasteiger partial charge is 0.166 e. The Balaban J connectivity index is 2.55. The van der Waals surface area contributed by atoms with Gasteiger partial charge < -0.3 is 0 Å². The lowest BCUT2D eigenvalue weighted by atomic mass is 10.0. The Hall–Kier alpha value is -2.38. The van der Waals surface area contributed by atoms with Crippen LogP contribution in [0.2, 0.25) is 0 Å². The zero-order valence-electron chi connectivity index (χ0n) is 10.8. The zero-order chi connectivity index (χ0) is 16.4. The molecular weight excluding hydrogens is 310 g/mol. The standard InChI is InChI=1S/C14H8F6N2/c15-13(16,17)10-7-4-8-11(12(10)14(18,19)20)22-21-9-5-2-1-3-6-9/h1-8H. The Morgan fingerprint density at radius 3 is 1.82 bits per heavy atom. The highest BCUT2D eigenvalue weighted by Gasteiger charge is 2.45. The van der Waals surface area contributed by atoms with Gasteiger partial charge in [0.25, 0.3) is 0 Å². The summed E-state index contributed by atoms with van der Waals surface area (Å²) in [6, 6.07) is 9.79. The van der Waals surface area contributed by atoms with Gasteiger partial charge in [-0.1, -0.05) is 24.3 Å². The number of hydrogen-bond donors (Lipinski definition) is 0. The summed E-state index contributed by atoms with van der Waals surface area (Å²) in [5.74, 6) is 0. The number of rotatable bonds is 2. The molecule has 0 unspecified atom stereocenters. The first-order valence-corrected chi connectivity index (χ1v) is 5.94. The fraction of sp³-hybridized carbons (Fsp3) is 0.143. The summed E-state index contributed by atoms with van der Waals surface area (Å²) in [5.41, 5.74) is -4.29. The Bertz CT molecular complexity index is 674. The largest absolute Gasteiger partial charge is 0.419 e. The Morgan fingerprint density at radius 2 is 1.27 bits per heavy atom. The highest BCUT2D eigenvalue weighted by Crippen LogP contribution is 2.45. The summed E-state index contributed by atoms with van der Waals surface area (Å²) in [5, 5.41) is 6.85. The molecule has 8 heteroatoms. The van der Waals surface area contributed by atoms with E-state index in [1.165, 1.54) is 12.1 Å². The van der Waals surface area contributed by atoms with E-state index in [2.05, 4.69) is 10.2 Å². The van der Waals surface area contributed by atoms with E-state index in [0.29, 0.717) is 6.07 Å². The van der Waals surface area contributed by atoms with Gasteiger partial charge in [0.2, 0.25) is 0 Å². The maximum absolute atomic E-state index is 13.0. The van der Waals surface area contributed by atoms with Crippen LogP contribution in [0.5, 0.6) is 0 Å². The van der Waals surface area contributed by atoms with Crippen LogP contribution in [-0.2, 0) is 12.4 Å². The molecule has 0 N–H and O–H groups in total. The van der Waals surface area contributed by atoms with Gasteiger partial charge in [0.05, 0.1) is 22.5 Å². The molecule has 0 fully saturated rings. The van der Waals surface area contributed by atoms with Gasteiger partial charge in [0, 0.05) is 0 Å². The molecule has 0 aliphatic heterocycles. The van der Waals surface area contributed by atoms with Crippen molar-refractivity contribution in [3.8, 4) is 0 Å². The molecule has 0 aromatic heterocycles. The summed E-state index contributed by atoms with van der Waals surface area (Å²) in [6.07, 6.45) is -10.3. The second kappa shape index (κ2) is 5.78. The van der Waals surface area contributed by atoms with Crippen LogP contribution in [0.15, 0.2) is 58.8 Å². The molecule has 22 heavy (non-hydrogen) atoms.